The maximum Gasteiger partial charge on any atom is 0.291 e. The molecule has 2 amide bonds. The number of hydrogen-bond donors (Lipinski definition) is 2. The van der Waals surface area contributed by atoms with E-state index in [1.807, 2.05) is 6.92 Å². The highest BCUT2D eigenvalue weighted by atomic mass is 35.5. The monoisotopic (exact) mass is 451 g/mol. The molecule has 1 aliphatic rings. The highest BCUT2D eigenvalue weighted by molar-refractivity contribution is 6.30. The molecule has 0 radical (unpaired) electrons. The van der Waals surface area contributed by atoms with Crippen LogP contribution in [0.1, 0.15) is 50.6 Å². The first-order valence-corrected chi connectivity index (χ1v) is 10.5. The van der Waals surface area contributed by atoms with Crippen molar-refractivity contribution in [1.29, 1.82) is 0 Å². The normalized spacial score (nSPS) is 14.0. The van der Waals surface area contributed by atoms with Crippen LogP contribution in [0.25, 0.3) is 0 Å². The largest absolute Gasteiger partial charge is 0.497 e. The smallest absolute Gasteiger partial charge is 0.291 e. The zero-order chi connectivity index (χ0) is 22.7. The number of methoxy groups -OCH3 is 1. The predicted octanol–water partition coefficient (Wildman–Crippen LogP) is 4.97. The van der Waals surface area contributed by atoms with Crippen molar-refractivity contribution >= 4 is 34.8 Å². The molecule has 2 aromatic carbocycles. The van der Waals surface area contributed by atoms with Gasteiger partial charge < -0.3 is 14.5 Å². The lowest BCUT2D eigenvalue weighted by atomic mass is 9.93. The summed E-state index contributed by atoms with van der Waals surface area (Å²) >= 11 is 5.90. The number of anilines is 1. The Labute approximate surface area is 190 Å². The molecule has 3 aromatic rings. The number of carbonyl (C=O) groups is 2. The molecule has 0 unspecified atom stereocenters. The molecule has 0 bridgehead atoms. The van der Waals surface area contributed by atoms with Crippen molar-refractivity contribution in [3.8, 4) is 5.75 Å². The third kappa shape index (κ3) is 4.53. The van der Waals surface area contributed by atoms with Gasteiger partial charge >= 0.3 is 0 Å². The van der Waals surface area contributed by atoms with Gasteiger partial charge in [0.1, 0.15) is 11.5 Å². The first-order chi connectivity index (χ1) is 15.5. The maximum atomic E-state index is 12.8. The zero-order valence-corrected chi connectivity index (χ0v) is 18.5. The lowest BCUT2D eigenvalue weighted by Crippen LogP contribution is -2.22. The lowest BCUT2D eigenvalue weighted by Gasteiger charge is -2.13. The summed E-state index contributed by atoms with van der Waals surface area (Å²) in [6.07, 6.45) is 2.19. The van der Waals surface area contributed by atoms with E-state index in [0.717, 1.165) is 12.0 Å². The number of nitrogens with one attached hydrogen (secondary N) is 2. The van der Waals surface area contributed by atoms with Crippen LogP contribution in [0, 0.1) is 6.92 Å². The van der Waals surface area contributed by atoms with Gasteiger partial charge in [-0.05, 0) is 68.3 Å². The summed E-state index contributed by atoms with van der Waals surface area (Å²) in [6, 6.07) is 13.6. The molecule has 2 N–H and O–H groups in total. The second kappa shape index (κ2) is 9.28. The molecule has 0 fully saturated rings. The molecule has 1 aliphatic carbocycles. The second-order valence-corrected chi connectivity index (χ2v) is 7.83. The fraction of sp³-hybridized carbons (Fsp3) is 0.208. The van der Waals surface area contributed by atoms with E-state index in [2.05, 4.69) is 15.8 Å². The van der Waals surface area contributed by atoms with Crippen LogP contribution in [0.15, 0.2) is 58.0 Å². The van der Waals surface area contributed by atoms with Gasteiger partial charge in [-0.25, -0.2) is 5.43 Å². The Morgan fingerprint density at radius 1 is 1.03 bits per heavy atom. The van der Waals surface area contributed by atoms with Gasteiger partial charge in [0.25, 0.3) is 11.8 Å². The number of ether oxygens (including phenoxy) is 1. The number of fused-ring (bicyclic) bond motifs is 1. The molecule has 7 nitrogen and oxygen atoms in total. The lowest BCUT2D eigenvalue weighted by molar-refractivity contribution is 0.0953. The van der Waals surface area contributed by atoms with Gasteiger partial charge in [0.15, 0.2) is 5.76 Å². The molecular weight excluding hydrogens is 430 g/mol. The summed E-state index contributed by atoms with van der Waals surface area (Å²) in [5, 5.41) is 7.76. The van der Waals surface area contributed by atoms with Crippen LogP contribution < -0.4 is 15.5 Å². The van der Waals surface area contributed by atoms with Crippen LogP contribution in [0.3, 0.4) is 0 Å². The minimum absolute atomic E-state index is 0.237. The summed E-state index contributed by atoms with van der Waals surface area (Å²) < 4.78 is 11.0. The summed E-state index contributed by atoms with van der Waals surface area (Å²) in [5.74, 6) is 0.937. The zero-order valence-electron chi connectivity index (χ0n) is 17.7. The van der Waals surface area contributed by atoms with Crippen LogP contribution in [-0.4, -0.2) is 24.6 Å². The van der Waals surface area contributed by atoms with Crippen LogP contribution in [0.4, 0.5) is 5.69 Å². The fourth-order valence-corrected chi connectivity index (χ4v) is 3.77. The average Bonchev–Trinajstić information content (AvgIpc) is 3.16. The van der Waals surface area contributed by atoms with E-state index in [-0.39, 0.29) is 17.6 Å². The third-order valence-corrected chi connectivity index (χ3v) is 5.53. The number of rotatable bonds is 5. The van der Waals surface area contributed by atoms with E-state index in [9.17, 15) is 9.59 Å². The minimum atomic E-state index is -0.346. The quantitative estimate of drug-likeness (QED) is 0.535. The van der Waals surface area contributed by atoms with Gasteiger partial charge in [0.05, 0.1) is 12.8 Å². The van der Waals surface area contributed by atoms with E-state index in [4.69, 9.17) is 20.8 Å². The van der Waals surface area contributed by atoms with Crippen molar-refractivity contribution in [3.63, 3.8) is 0 Å². The van der Waals surface area contributed by atoms with Gasteiger partial charge in [-0.1, -0.05) is 11.6 Å². The van der Waals surface area contributed by atoms with Crippen LogP contribution in [0.2, 0.25) is 5.02 Å². The fourth-order valence-electron chi connectivity index (χ4n) is 3.64. The molecule has 0 saturated heterocycles. The Balaban J connectivity index is 1.53. The molecule has 0 saturated carbocycles. The Hall–Kier alpha value is -3.58. The van der Waals surface area contributed by atoms with Gasteiger partial charge in [-0.2, -0.15) is 5.10 Å². The molecule has 0 spiro atoms. The number of hydrogen-bond acceptors (Lipinski definition) is 5. The third-order valence-electron chi connectivity index (χ3n) is 5.28. The van der Waals surface area contributed by atoms with Gasteiger partial charge in [0, 0.05) is 33.8 Å². The standard InChI is InChI=1S/C24H22ClN3O4/c1-14-21-19(27-28-23(29)15-6-12-18(31-2)13-7-15)4-3-5-20(21)32-22(14)24(30)26-17-10-8-16(25)9-11-17/h6-13H,3-5H2,1-2H3,(H,26,30)(H,28,29)/b27-19+. The number of aryl methyl sites for hydroxylation is 1. The number of benzene rings is 2. The molecule has 1 heterocycles. The highest BCUT2D eigenvalue weighted by Gasteiger charge is 2.28. The van der Waals surface area contributed by atoms with E-state index in [1.54, 1.807) is 55.6 Å². The van der Waals surface area contributed by atoms with Crippen LogP contribution >= 0.6 is 11.6 Å². The number of furan rings is 1. The van der Waals surface area contributed by atoms with Crippen molar-refractivity contribution in [2.24, 2.45) is 5.10 Å². The Kier molecular flexibility index (Phi) is 6.28. The van der Waals surface area contributed by atoms with Crippen LogP contribution in [-0.2, 0) is 6.42 Å². The summed E-state index contributed by atoms with van der Waals surface area (Å²) in [5.41, 5.74) is 5.88. The first kappa shape index (κ1) is 21.6. The number of halogens is 1. The average molecular weight is 452 g/mol. The topological polar surface area (TPSA) is 92.9 Å². The molecule has 32 heavy (non-hydrogen) atoms. The Bertz CT molecular complexity index is 1180. The van der Waals surface area contributed by atoms with Crippen molar-refractivity contribution in [1.82, 2.24) is 5.43 Å². The van der Waals surface area contributed by atoms with E-state index >= 15 is 0 Å². The number of nitrogens with zero attached hydrogens (tertiary/aromatic N) is 1. The molecule has 8 heteroatoms. The summed E-state index contributed by atoms with van der Waals surface area (Å²) in [4.78, 5) is 25.3. The van der Waals surface area contributed by atoms with Crippen molar-refractivity contribution in [2.45, 2.75) is 26.2 Å². The van der Waals surface area contributed by atoms with E-state index in [0.29, 0.717) is 51.9 Å². The van der Waals surface area contributed by atoms with Crippen molar-refractivity contribution in [3.05, 3.63) is 81.8 Å². The summed E-state index contributed by atoms with van der Waals surface area (Å²) in [6.45, 7) is 1.82. The molecule has 0 aliphatic heterocycles. The van der Waals surface area contributed by atoms with Crippen LogP contribution in [0.5, 0.6) is 5.75 Å². The van der Waals surface area contributed by atoms with Crippen molar-refractivity contribution in [2.75, 3.05) is 12.4 Å². The molecule has 4 rings (SSSR count). The highest BCUT2D eigenvalue weighted by Crippen LogP contribution is 2.30. The second-order valence-electron chi connectivity index (χ2n) is 7.40. The van der Waals surface area contributed by atoms with Crippen molar-refractivity contribution < 1.29 is 18.7 Å². The molecular formula is C24H22ClN3O4. The SMILES string of the molecule is COc1ccc(C(=O)N/N=C2\CCCc3oc(C(=O)Nc4ccc(Cl)cc4)c(C)c32)cc1. The Morgan fingerprint density at radius 3 is 2.44 bits per heavy atom. The van der Waals surface area contributed by atoms with Gasteiger partial charge in [0.2, 0.25) is 0 Å². The number of amides is 2. The number of carbonyl (C=O) groups excluding carboxylic acids is 2. The van der Waals surface area contributed by atoms with Gasteiger partial charge in [-0.15, -0.1) is 0 Å². The Morgan fingerprint density at radius 2 is 1.75 bits per heavy atom. The predicted molar refractivity (Wildman–Crippen MR) is 123 cm³/mol. The summed E-state index contributed by atoms with van der Waals surface area (Å²) in [7, 11) is 1.57. The molecule has 1 aromatic heterocycles. The minimum Gasteiger partial charge on any atom is -0.497 e. The van der Waals surface area contributed by atoms with E-state index in [1.165, 1.54) is 0 Å². The maximum absolute atomic E-state index is 12.8. The van der Waals surface area contributed by atoms with Gasteiger partial charge in [-0.3, -0.25) is 9.59 Å². The number of hydrazone groups is 1. The molecule has 164 valence electrons. The van der Waals surface area contributed by atoms with E-state index < -0.39 is 0 Å². The first-order valence-electron chi connectivity index (χ1n) is 10.2. The molecule has 0 atom stereocenters.